The fraction of sp³-hybridized carbons (Fsp3) is 0.188. The maximum absolute atomic E-state index is 12.3. The first-order valence-electron chi connectivity index (χ1n) is 6.45. The molecule has 0 saturated carbocycles. The molecule has 0 saturated heterocycles. The number of phenolic OH excluding ortho intramolecular Hbond substituents is 1. The molecule has 104 valence electrons. The molecule has 2 aromatic rings. The van der Waals surface area contributed by atoms with Gasteiger partial charge in [-0.2, -0.15) is 0 Å². The first kappa shape index (κ1) is 14.1. The molecular formula is C16H18N2O2. The largest absolute Gasteiger partial charge is 0.508 e. The second-order valence-corrected chi connectivity index (χ2v) is 4.59. The van der Waals surface area contributed by atoms with Crippen LogP contribution in [0.4, 0.5) is 5.69 Å². The summed E-state index contributed by atoms with van der Waals surface area (Å²) >= 11 is 0. The summed E-state index contributed by atoms with van der Waals surface area (Å²) in [5.41, 5.74) is 8.03. The fourth-order valence-electron chi connectivity index (χ4n) is 2.09. The normalized spacial score (nSPS) is 10.3. The summed E-state index contributed by atoms with van der Waals surface area (Å²) in [6.07, 6.45) is 0.155. The standard InChI is InChI=1S/C16H18N2O2/c1-18(14-8-4-2-7-13(14)11-17)16(20)10-12-6-3-5-9-15(12)19/h2-9,19H,10-11,17H2,1H3. The molecule has 0 spiro atoms. The van der Waals surface area contributed by atoms with Gasteiger partial charge in [0.2, 0.25) is 5.91 Å². The van der Waals surface area contributed by atoms with Gasteiger partial charge < -0.3 is 15.7 Å². The second kappa shape index (κ2) is 6.21. The number of para-hydroxylation sites is 2. The highest BCUT2D eigenvalue weighted by molar-refractivity contribution is 5.95. The Kier molecular flexibility index (Phi) is 4.38. The molecule has 4 heteroatoms. The minimum atomic E-state index is -0.0904. The molecule has 0 unspecified atom stereocenters. The highest BCUT2D eigenvalue weighted by Gasteiger charge is 2.15. The lowest BCUT2D eigenvalue weighted by molar-refractivity contribution is -0.117. The molecule has 2 rings (SSSR count). The highest BCUT2D eigenvalue weighted by atomic mass is 16.3. The van der Waals surface area contributed by atoms with Gasteiger partial charge in [-0.25, -0.2) is 0 Å². The molecule has 4 nitrogen and oxygen atoms in total. The maximum atomic E-state index is 12.3. The number of hydrogen-bond donors (Lipinski definition) is 2. The summed E-state index contributed by atoms with van der Waals surface area (Å²) in [5, 5.41) is 9.72. The van der Waals surface area contributed by atoms with Crippen molar-refractivity contribution < 1.29 is 9.90 Å². The predicted molar refractivity (Wildman–Crippen MR) is 79.6 cm³/mol. The minimum absolute atomic E-state index is 0.0904. The Morgan fingerprint density at radius 3 is 2.35 bits per heavy atom. The number of nitrogens with two attached hydrogens (primary N) is 1. The van der Waals surface area contributed by atoms with E-state index in [1.54, 1.807) is 36.2 Å². The molecule has 20 heavy (non-hydrogen) atoms. The van der Waals surface area contributed by atoms with Crippen LogP contribution in [0, 0.1) is 0 Å². The van der Waals surface area contributed by atoms with Gasteiger partial charge in [0.25, 0.3) is 0 Å². The third-order valence-corrected chi connectivity index (χ3v) is 3.28. The van der Waals surface area contributed by atoms with E-state index in [9.17, 15) is 9.90 Å². The van der Waals surface area contributed by atoms with Crippen LogP contribution in [0.3, 0.4) is 0 Å². The highest BCUT2D eigenvalue weighted by Crippen LogP contribution is 2.21. The zero-order chi connectivity index (χ0) is 14.5. The summed E-state index contributed by atoms with van der Waals surface area (Å²) in [7, 11) is 1.72. The van der Waals surface area contributed by atoms with Gasteiger partial charge in [-0.15, -0.1) is 0 Å². The van der Waals surface area contributed by atoms with Gasteiger partial charge in [0.1, 0.15) is 5.75 Å². The van der Waals surface area contributed by atoms with Gasteiger partial charge >= 0.3 is 0 Å². The Bertz CT molecular complexity index is 611. The molecule has 0 aliphatic carbocycles. The smallest absolute Gasteiger partial charge is 0.231 e. The molecule has 0 atom stereocenters. The van der Waals surface area contributed by atoms with Crippen LogP contribution in [0.25, 0.3) is 0 Å². The van der Waals surface area contributed by atoms with Crippen LogP contribution < -0.4 is 10.6 Å². The average Bonchev–Trinajstić information content (AvgIpc) is 2.48. The molecule has 3 N–H and O–H groups in total. The van der Waals surface area contributed by atoms with Gasteiger partial charge in [-0.1, -0.05) is 36.4 Å². The second-order valence-electron chi connectivity index (χ2n) is 4.59. The van der Waals surface area contributed by atoms with Gasteiger partial charge in [-0.3, -0.25) is 4.79 Å². The quantitative estimate of drug-likeness (QED) is 0.893. The minimum Gasteiger partial charge on any atom is -0.508 e. The third-order valence-electron chi connectivity index (χ3n) is 3.28. The topological polar surface area (TPSA) is 66.6 Å². The number of amides is 1. The SMILES string of the molecule is CN(C(=O)Cc1ccccc1O)c1ccccc1CN. The molecule has 1 amide bonds. The summed E-state index contributed by atoms with van der Waals surface area (Å²) < 4.78 is 0. The van der Waals surface area contributed by atoms with Gasteiger partial charge in [0, 0.05) is 24.8 Å². The fourth-order valence-corrected chi connectivity index (χ4v) is 2.09. The molecule has 0 aliphatic rings. The lowest BCUT2D eigenvalue weighted by Gasteiger charge is -2.20. The van der Waals surface area contributed by atoms with E-state index in [2.05, 4.69) is 0 Å². The van der Waals surface area contributed by atoms with Crippen molar-refractivity contribution in [3.63, 3.8) is 0 Å². The van der Waals surface area contributed by atoms with Crippen LogP contribution in [0.2, 0.25) is 0 Å². The third kappa shape index (κ3) is 2.97. The number of phenols is 1. The summed E-state index contributed by atoms with van der Waals surface area (Å²) in [6.45, 7) is 0.379. The number of likely N-dealkylation sites (N-methyl/N-ethyl adjacent to an activating group) is 1. The number of nitrogens with zero attached hydrogens (tertiary/aromatic N) is 1. The van der Waals surface area contributed by atoms with E-state index in [1.807, 2.05) is 24.3 Å². The van der Waals surface area contributed by atoms with E-state index in [0.29, 0.717) is 12.1 Å². The van der Waals surface area contributed by atoms with Crippen molar-refractivity contribution >= 4 is 11.6 Å². The van der Waals surface area contributed by atoms with Crippen molar-refractivity contribution in [2.45, 2.75) is 13.0 Å². The van der Waals surface area contributed by atoms with Crippen LogP contribution in [-0.2, 0) is 17.8 Å². The number of carbonyl (C=O) groups is 1. The number of carbonyl (C=O) groups excluding carboxylic acids is 1. The maximum Gasteiger partial charge on any atom is 0.231 e. The number of rotatable bonds is 4. The molecule has 0 bridgehead atoms. The zero-order valence-corrected chi connectivity index (χ0v) is 11.4. The van der Waals surface area contributed by atoms with E-state index in [1.165, 1.54) is 0 Å². The van der Waals surface area contributed by atoms with Crippen LogP contribution in [0.1, 0.15) is 11.1 Å². The van der Waals surface area contributed by atoms with E-state index in [0.717, 1.165) is 11.3 Å². The van der Waals surface area contributed by atoms with Gasteiger partial charge in [0.15, 0.2) is 0 Å². The molecule has 0 aliphatic heterocycles. The van der Waals surface area contributed by atoms with Crippen molar-refractivity contribution in [2.24, 2.45) is 5.73 Å². The summed E-state index contributed by atoms with van der Waals surface area (Å²) in [4.78, 5) is 13.9. The summed E-state index contributed by atoms with van der Waals surface area (Å²) in [6, 6.07) is 14.4. The Labute approximate surface area is 118 Å². The predicted octanol–water partition coefficient (Wildman–Crippen LogP) is 2.06. The van der Waals surface area contributed by atoms with E-state index in [4.69, 9.17) is 5.73 Å². The Morgan fingerprint density at radius 2 is 1.70 bits per heavy atom. The van der Waals surface area contributed by atoms with E-state index < -0.39 is 0 Å². The lowest BCUT2D eigenvalue weighted by atomic mass is 10.1. The Hall–Kier alpha value is -2.33. The van der Waals surface area contributed by atoms with Crippen molar-refractivity contribution in [3.05, 3.63) is 59.7 Å². The molecular weight excluding hydrogens is 252 g/mol. The first-order chi connectivity index (χ1) is 9.63. The Balaban J connectivity index is 2.19. The van der Waals surface area contributed by atoms with Crippen molar-refractivity contribution in [2.75, 3.05) is 11.9 Å². The lowest BCUT2D eigenvalue weighted by Crippen LogP contribution is -2.29. The molecule has 0 radical (unpaired) electrons. The average molecular weight is 270 g/mol. The summed E-state index contributed by atoms with van der Waals surface area (Å²) in [5.74, 6) is 0.0498. The Morgan fingerprint density at radius 1 is 1.10 bits per heavy atom. The van der Waals surface area contributed by atoms with Crippen LogP contribution in [-0.4, -0.2) is 18.1 Å². The van der Waals surface area contributed by atoms with E-state index >= 15 is 0 Å². The molecule has 2 aromatic carbocycles. The van der Waals surface area contributed by atoms with Crippen molar-refractivity contribution in [1.29, 1.82) is 0 Å². The monoisotopic (exact) mass is 270 g/mol. The molecule has 0 heterocycles. The number of hydrogen-bond acceptors (Lipinski definition) is 3. The van der Waals surface area contributed by atoms with Crippen molar-refractivity contribution in [3.8, 4) is 5.75 Å². The molecule has 0 fully saturated rings. The van der Waals surface area contributed by atoms with Crippen LogP contribution in [0.5, 0.6) is 5.75 Å². The molecule has 0 aromatic heterocycles. The first-order valence-corrected chi connectivity index (χ1v) is 6.45. The number of aromatic hydroxyl groups is 1. The van der Waals surface area contributed by atoms with Gasteiger partial charge in [0.05, 0.1) is 6.42 Å². The van der Waals surface area contributed by atoms with Crippen LogP contribution in [0.15, 0.2) is 48.5 Å². The van der Waals surface area contributed by atoms with Crippen molar-refractivity contribution in [1.82, 2.24) is 0 Å². The van der Waals surface area contributed by atoms with Crippen LogP contribution >= 0.6 is 0 Å². The van der Waals surface area contributed by atoms with E-state index in [-0.39, 0.29) is 18.1 Å². The number of benzene rings is 2. The zero-order valence-electron chi connectivity index (χ0n) is 11.4. The number of anilines is 1. The van der Waals surface area contributed by atoms with Gasteiger partial charge in [-0.05, 0) is 17.7 Å².